The van der Waals surface area contributed by atoms with Gasteiger partial charge in [0.1, 0.15) is 0 Å². The quantitative estimate of drug-likeness (QED) is 0.613. The van der Waals surface area contributed by atoms with E-state index >= 15 is 0 Å². The summed E-state index contributed by atoms with van der Waals surface area (Å²) < 4.78 is 38.6. The second-order valence-electron chi connectivity index (χ2n) is 3.49. The number of rotatable bonds is 4. The van der Waals surface area contributed by atoms with Gasteiger partial charge in [-0.3, -0.25) is 4.79 Å². The highest BCUT2D eigenvalue weighted by molar-refractivity contribution is 9.10. The normalized spacial score (nSPS) is 11.4. The molecule has 0 saturated heterocycles. The molecule has 1 N–H and O–H groups in total. The fourth-order valence-electron chi connectivity index (χ4n) is 1.31. The standard InChI is InChI=1S/C11H10Br2F3NO/c12-4-1-5-17-10(18)8-3-2-7(13)6-9(8)11(14,15)16/h2-3,6H,1,4-5H2,(H,17,18). The van der Waals surface area contributed by atoms with Gasteiger partial charge in [-0.05, 0) is 24.6 Å². The summed E-state index contributed by atoms with van der Waals surface area (Å²) in [5.74, 6) is -0.712. The van der Waals surface area contributed by atoms with Crippen LogP contribution in [0.4, 0.5) is 13.2 Å². The molecule has 100 valence electrons. The molecule has 0 aromatic heterocycles. The van der Waals surface area contributed by atoms with Gasteiger partial charge in [0.15, 0.2) is 0 Å². The molecule has 7 heteroatoms. The van der Waals surface area contributed by atoms with Crippen molar-refractivity contribution in [1.82, 2.24) is 5.32 Å². The van der Waals surface area contributed by atoms with E-state index in [1.165, 1.54) is 6.07 Å². The smallest absolute Gasteiger partial charge is 0.352 e. The minimum atomic E-state index is -4.55. The maximum atomic E-state index is 12.8. The van der Waals surface area contributed by atoms with E-state index < -0.39 is 17.6 Å². The number of halogens is 5. The molecule has 0 unspecified atom stereocenters. The number of hydrogen-bond donors (Lipinski definition) is 1. The van der Waals surface area contributed by atoms with Crippen LogP contribution < -0.4 is 5.32 Å². The Balaban J connectivity index is 2.97. The number of benzene rings is 1. The van der Waals surface area contributed by atoms with Gasteiger partial charge in [0.25, 0.3) is 5.91 Å². The highest BCUT2D eigenvalue weighted by Gasteiger charge is 2.35. The Morgan fingerprint density at radius 3 is 2.56 bits per heavy atom. The predicted octanol–water partition coefficient (Wildman–Crippen LogP) is 3.98. The average Bonchev–Trinajstić information content (AvgIpc) is 2.28. The van der Waals surface area contributed by atoms with Gasteiger partial charge in [-0.25, -0.2) is 0 Å². The Morgan fingerprint density at radius 1 is 1.33 bits per heavy atom. The van der Waals surface area contributed by atoms with E-state index in [1.807, 2.05) is 0 Å². The highest BCUT2D eigenvalue weighted by Crippen LogP contribution is 2.33. The zero-order valence-corrected chi connectivity index (χ0v) is 12.3. The number of nitrogens with one attached hydrogen (secondary N) is 1. The lowest BCUT2D eigenvalue weighted by molar-refractivity contribution is -0.138. The topological polar surface area (TPSA) is 29.1 Å². The molecule has 0 aliphatic carbocycles. The lowest BCUT2D eigenvalue weighted by Gasteiger charge is -2.13. The van der Waals surface area contributed by atoms with Crippen LogP contribution >= 0.6 is 31.9 Å². The molecular formula is C11H10Br2F3NO. The molecule has 0 radical (unpaired) electrons. The van der Waals surface area contributed by atoms with E-state index in [4.69, 9.17) is 0 Å². The zero-order valence-electron chi connectivity index (χ0n) is 9.15. The third kappa shape index (κ3) is 4.28. The zero-order chi connectivity index (χ0) is 13.8. The second-order valence-corrected chi connectivity index (χ2v) is 5.19. The minimum Gasteiger partial charge on any atom is -0.352 e. The summed E-state index contributed by atoms with van der Waals surface area (Å²) in [5, 5.41) is 3.13. The third-order valence-electron chi connectivity index (χ3n) is 2.13. The van der Waals surface area contributed by atoms with Gasteiger partial charge >= 0.3 is 6.18 Å². The molecule has 0 aliphatic heterocycles. The fourth-order valence-corrected chi connectivity index (χ4v) is 1.95. The minimum absolute atomic E-state index is 0.284. The fraction of sp³-hybridized carbons (Fsp3) is 0.364. The van der Waals surface area contributed by atoms with Crippen molar-refractivity contribution < 1.29 is 18.0 Å². The van der Waals surface area contributed by atoms with Crippen LogP contribution in [0.25, 0.3) is 0 Å². The number of amides is 1. The van der Waals surface area contributed by atoms with Gasteiger partial charge in [-0.15, -0.1) is 0 Å². The van der Waals surface area contributed by atoms with Gasteiger partial charge in [0.2, 0.25) is 0 Å². The van der Waals surface area contributed by atoms with E-state index in [-0.39, 0.29) is 10.0 Å². The molecule has 0 spiro atoms. The molecule has 0 saturated carbocycles. The number of carbonyl (C=O) groups excluding carboxylic acids is 1. The first-order chi connectivity index (χ1) is 8.36. The molecule has 0 aliphatic rings. The lowest BCUT2D eigenvalue weighted by Crippen LogP contribution is -2.27. The van der Waals surface area contributed by atoms with Crippen molar-refractivity contribution in [2.24, 2.45) is 0 Å². The van der Waals surface area contributed by atoms with Gasteiger partial charge in [-0.2, -0.15) is 13.2 Å². The molecule has 0 bridgehead atoms. The van der Waals surface area contributed by atoms with Crippen molar-refractivity contribution >= 4 is 37.8 Å². The van der Waals surface area contributed by atoms with Crippen LogP contribution in [0.5, 0.6) is 0 Å². The van der Waals surface area contributed by atoms with Crippen LogP contribution in [0.1, 0.15) is 22.3 Å². The van der Waals surface area contributed by atoms with Gasteiger partial charge < -0.3 is 5.32 Å². The Kier molecular flexibility index (Phi) is 5.65. The molecule has 0 heterocycles. The highest BCUT2D eigenvalue weighted by atomic mass is 79.9. The number of hydrogen-bond acceptors (Lipinski definition) is 1. The Bertz CT molecular complexity index is 435. The maximum Gasteiger partial charge on any atom is 0.417 e. The lowest BCUT2D eigenvalue weighted by atomic mass is 10.1. The van der Waals surface area contributed by atoms with E-state index in [9.17, 15) is 18.0 Å². The first kappa shape index (κ1) is 15.5. The van der Waals surface area contributed by atoms with E-state index in [1.54, 1.807) is 0 Å². The summed E-state index contributed by atoms with van der Waals surface area (Å²) >= 11 is 6.14. The number of carbonyl (C=O) groups is 1. The van der Waals surface area contributed by atoms with Gasteiger partial charge in [-0.1, -0.05) is 31.9 Å². The summed E-state index contributed by atoms with van der Waals surface area (Å²) in [5.41, 5.74) is -1.30. The molecule has 1 rings (SSSR count). The molecule has 0 fully saturated rings. The summed E-state index contributed by atoms with van der Waals surface area (Å²) in [6.45, 7) is 0.331. The summed E-state index contributed by atoms with van der Waals surface area (Å²) in [4.78, 5) is 11.7. The molecule has 1 amide bonds. The van der Waals surface area contributed by atoms with Crippen molar-refractivity contribution in [1.29, 1.82) is 0 Å². The molecule has 2 nitrogen and oxygen atoms in total. The van der Waals surface area contributed by atoms with Crippen molar-refractivity contribution in [3.63, 3.8) is 0 Å². The Labute approximate surface area is 119 Å². The summed E-state index contributed by atoms with van der Waals surface area (Å²) in [6.07, 6.45) is -3.89. The van der Waals surface area contributed by atoms with Crippen LogP contribution in [-0.4, -0.2) is 17.8 Å². The maximum absolute atomic E-state index is 12.8. The summed E-state index contributed by atoms with van der Waals surface area (Å²) in [6, 6.07) is 3.48. The van der Waals surface area contributed by atoms with E-state index in [2.05, 4.69) is 37.2 Å². The van der Waals surface area contributed by atoms with Crippen LogP contribution in [0.15, 0.2) is 22.7 Å². The SMILES string of the molecule is O=C(NCCCBr)c1ccc(Br)cc1C(F)(F)F. The largest absolute Gasteiger partial charge is 0.417 e. The van der Waals surface area contributed by atoms with Crippen molar-refractivity contribution in [2.75, 3.05) is 11.9 Å². The van der Waals surface area contributed by atoms with Crippen molar-refractivity contribution in [3.05, 3.63) is 33.8 Å². The van der Waals surface area contributed by atoms with Crippen molar-refractivity contribution in [3.8, 4) is 0 Å². The predicted molar refractivity (Wildman–Crippen MR) is 69.9 cm³/mol. The number of alkyl halides is 4. The molecular weight excluding hydrogens is 379 g/mol. The van der Waals surface area contributed by atoms with Crippen LogP contribution in [0.3, 0.4) is 0 Å². The van der Waals surface area contributed by atoms with Crippen LogP contribution in [-0.2, 0) is 6.18 Å². The monoisotopic (exact) mass is 387 g/mol. The third-order valence-corrected chi connectivity index (χ3v) is 3.18. The average molecular weight is 389 g/mol. The van der Waals surface area contributed by atoms with Crippen molar-refractivity contribution in [2.45, 2.75) is 12.6 Å². The molecule has 1 aromatic rings. The Morgan fingerprint density at radius 2 is 2.00 bits per heavy atom. The van der Waals surface area contributed by atoms with Gasteiger partial charge in [0.05, 0.1) is 11.1 Å². The first-order valence-electron chi connectivity index (χ1n) is 5.07. The Hall–Kier alpha value is -0.560. The molecule has 0 atom stereocenters. The van der Waals surface area contributed by atoms with Gasteiger partial charge in [0, 0.05) is 16.3 Å². The van der Waals surface area contributed by atoms with Crippen LogP contribution in [0, 0.1) is 0 Å². The molecule has 1 aromatic carbocycles. The summed E-state index contributed by atoms with van der Waals surface area (Å²) in [7, 11) is 0. The molecule has 18 heavy (non-hydrogen) atoms. The van der Waals surface area contributed by atoms with E-state index in [0.717, 1.165) is 12.1 Å². The first-order valence-corrected chi connectivity index (χ1v) is 6.98. The second kappa shape index (κ2) is 6.56. The van der Waals surface area contributed by atoms with E-state index in [0.29, 0.717) is 18.3 Å². The van der Waals surface area contributed by atoms with Crippen LogP contribution in [0.2, 0.25) is 0 Å².